The van der Waals surface area contributed by atoms with E-state index in [1.165, 1.54) is 11.8 Å². The zero-order valence-electron chi connectivity index (χ0n) is 15.8. The number of amides is 1. The highest BCUT2D eigenvalue weighted by Gasteiger charge is 2.24. The molecule has 0 atom stereocenters. The number of hydrogen-bond acceptors (Lipinski definition) is 5. The molecule has 2 heterocycles. The van der Waals surface area contributed by atoms with Crippen LogP contribution in [0.1, 0.15) is 12.8 Å². The molecule has 1 aliphatic heterocycles. The Kier molecular flexibility index (Phi) is 7.17. The van der Waals surface area contributed by atoms with Crippen molar-refractivity contribution in [1.82, 2.24) is 19.7 Å². The quantitative estimate of drug-likeness (QED) is 0.458. The van der Waals surface area contributed by atoms with Gasteiger partial charge in [-0.2, -0.15) is 0 Å². The Bertz CT molecular complexity index is 837. The van der Waals surface area contributed by atoms with Crippen LogP contribution in [0.2, 0.25) is 5.02 Å². The number of thioether (sulfide) groups is 1. The van der Waals surface area contributed by atoms with Gasteiger partial charge in [-0.15, -0.1) is 23.4 Å². The van der Waals surface area contributed by atoms with E-state index in [2.05, 4.69) is 28.3 Å². The van der Waals surface area contributed by atoms with Gasteiger partial charge in [-0.3, -0.25) is 9.36 Å². The van der Waals surface area contributed by atoms with Crippen molar-refractivity contribution in [2.45, 2.75) is 18.0 Å². The summed E-state index contributed by atoms with van der Waals surface area (Å²) in [4.78, 5) is 16.5. The molecule has 1 fully saturated rings. The highest BCUT2D eigenvalue weighted by Crippen LogP contribution is 2.31. The van der Waals surface area contributed by atoms with Crippen LogP contribution in [-0.2, 0) is 4.79 Å². The molecular formula is C20H24ClN5OS. The van der Waals surface area contributed by atoms with Gasteiger partial charge in [0, 0.05) is 26.2 Å². The molecule has 1 amide bonds. The van der Waals surface area contributed by atoms with Crippen molar-refractivity contribution in [1.29, 1.82) is 0 Å². The van der Waals surface area contributed by atoms with Crippen molar-refractivity contribution in [2.75, 3.05) is 36.8 Å². The summed E-state index contributed by atoms with van der Waals surface area (Å²) in [6.45, 7) is 10.3. The van der Waals surface area contributed by atoms with Gasteiger partial charge in [-0.1, -0.05) is 47.6 Å². The highest BCUT2D eigenvalue weighted by atomic mass is 35.5. The normalized spacial score (nSPS) is 13.5. The summed E-state index contributed by atoms with van der Waals surface area (Å²) in [5.41, 5.74) is 0.819. The van der Waals surface area contributed by atoms with Crippen molar-refractivity contribution in [3.05, 3.63) is 54.6 Å². The lowest BCUT2D eigenvalue weighted by Crippen LogP contribution is -2.32. The molecule has 1 saturated heterocycles. The lowest BCUT2D eigenvalue weighted by molar-refractivity contribution is -0.127. The number of halogens is 1. The Morgan fingerprint density at radius 3 is 2.50 bits per heavy atom. The minimum absolute atomic E-state index is 0.00114. The molecule has 0 unspecified atom stereocenters. The topological polar surface area (TPSA) is 54.3 Å². The van der Waals surface area contributed by atoms with E-state index < -0.39 is 0 Å². The molecule has 1 aromatic heterocycles. The maximum Gasteiger partial charge on any atom is 0.233 e. The number of hydrogen-bond donors (Lipinski definition) is 0. The Morgan fingerprint density at radius 2 is 1.86 bits per heavy atom. The van der Waals surface area contributed by atoms with Crippen LogP contribution in [0.5, 0.6) is 0 Å². The van der Waals surface area contributed by atoms with E-state index in [0.29, 0.717) is 23.3 Å². The molecular weight excluding hydrogens is 394 g/mol. The predicted molar refractivity (Wildman–Crippen MR) is 116 cm³/mol. The van der Waals surface area contributed by atoms with Gasteiger partial charge < -0.3 is 9.80 Å². The third-order valence-corrected chi connectivity index (χ3v) is 5.71. The molecule has 28 heavy (non-hydrogen) atoms. The van der Waals surface area contributed by atoms with Crippen molar-refractivity contribution in [3.63, 3.8) is 0 Å². The zero-order valence-corrected chi connectivity index (χ0v) is 17.3. The van der Waals surface area contributed by atoms with E-state index in [-0.39, 0.29) is 11.7 Å². The average molecular weight is 418 g/mol. The highest BCUT2D eigenvalue weighted by molar-refractivity contribution is 7.99. The Labute approximate surface area is 174 Å². The fourth-order valence-corrected chi connectivity index (χ4v) is 4.19. The van der Waals surface area contributed by atoms with Crippen LogP contribution >= 0.6 is 23.4 Å². The fraction of sp³-hybridized carbons (Fsp3) is 0.350. The number of carbonyl (C=O) groups excluding carboxylic acids is 1. The predicted octanol–water partition coefficient (Wildman–Crippen LogP) is 3.81. The Morgan fingerprint density at radius 1 is 1.18 bits per heavy atom. The molecule has 148 valence electrons. The second-order valence-electron chi connectivity index (χ2n) is 6.43. The average Bonchev–Trinajstić information content (AvgIpc) is 3.36. The number of rotatable bonds is 9. The number of aromatic nitrogens is 3. The number of carbonyl (C=O) groups is 1. The summed E-state index contributed by atoms with van der Waals surface area (Å²) >= 11 is 7.82. The summed E-state index contributed by atoms with van der Waals surface area (Å²) < 4.78 is 1.96. The first-order chi connectivity index (χ1) is 13.7. The van der Waals surface area contributed by atoms with Crippen molar-refractivity contribution < 1.29 is 4.79 Å². The van der Waals surface area contributed by atoms with Gasteiger partial charge in [-0.05, 0) is 25.0 Å². The largest absolute Gasteiger partial charge is 0.341 e. The SMILES string of the molecule is C=CCN(CC=C)C(=O)CSc1nnc(N2CCCC2)n1-c1ccccc1Cl. The van der Waals surface area contributed by atoms with Crippen LogP contribution in [0.25, 0.3) is 5.69 Å². The van der Waals surface area contributed by atoms with Crippen LogP contribution < -0.4 is 4.90 Å². The summed E-state index contributed by atoms with van der Waals surface area (Å²) in [7, 11) is 0. The minimum Gasteiger partial charge on any atom is -0.341 e. The molecule has 2 aromatic rings. The lowest BCUT2D eigenvalue weighted by atomic mass is 10.3. The molecule has 0 bridgehead atoms. The molecule has 1 aliphatic rings. The van der Waals surface area contributed by atoms with Gasteiger partial charge >= 0.3 is 0 Å². The van der Waals surface area contributed by atoms with E-state index in [9.17, 15) is 4.79 Å². The Balaban J connectivity index is 1.86. The van der Waals surface area contributed by atoms with Crippen LogP contribution in [-0.4, -0.2) is 57.5 Å². The van der Waals surface area contributed by atoms with Gasteiger partial charge in [0.15, 0.2) is 5.16 Å². The van der Waals surface area contributed by atoms with Gasteiger partial charge in [0.2, 0.25) is 11.9 Å². The van der Waals surface area contributed by atoms with Crippen LogP contribution in [0.3, 0.4) is 0 Å². The smallest absolute Gasteiger partial charge is 0.233 e. The molecule has 1 aromatic carbocycles. The third kappa shape index (κ3) is 4.59. The fourth-order valence-electron chi connectivity index (χ4n) is 3.13. The molecule has 0 N–H and O–H groups in total. The molecule has 3 rings (SSSR count). The van der Waals surface area contributed by atoms with E-state index in [1.807, 2.05) is 28.8 Å². The monoisotopic (exact) mass is 417 g/mol. The van der Waals surface area contributed by atoms with E-state index in [0.717, 1.165) is 37.6 Å². The summed E-state index contributed by atoms with van der Waals surface area (Å²) in [5, 5.41) is 10.1. The van der Waals surface area contributed by atoms with Gasteiger partial charge in [0.05, 0.1) is 16.5 Å². The zero-order chi connectivity index (χ0) is 19.9. The first-order valence-electron chi connectivity index (χ1n) is 9.23. The summed E-state index contributed by atoms with van der Waals surface area (Å²) in [6, 6.07) is 7.62. The number of benzene rings is 1. The van der Waals surface area contributed by atoms with Crippen molar-refractivity contribution >= 4 is 35.2 Å². The molecule has 0 radical (unpaired) electrons. The summed E-state index contributed by atoms with van der Waals surface area (Å²) in [5.74, 6) is 1.03. The van der Waals surface area contributed by atoms with Crippen molar-refractivity contribution in [3.8, 4) is 5.69 Å². The summed E-state index contributed by atoms with van der Waals surface area (Å²) in [6.07, 6.45) is 5.69. The van der Waals surface area contributed by atoms with Crippen LogP contribution in [0, 0.1) is 0 Å². The Hall–Kier alpha value is -2.25. The second kappa shape index (κ2) is 9.80. The van der Waals surface area contributed by atoms with Crippen molar-refractivity contribution in [2.24, 2.45) is 0 Å². The van der Waals surface area contributed by atoms with E-state index in [4.69, 9.17) is 11.6 Å². The molecule has 0 aliphatic carbocycles. The number of anilines is 1. The molecule has 6 nitrogen and oxygen atoms in total. The van der Waals surface area contributed by atoms with Gasteiger partial charge in [0.25, 0.3) is 0 Å². The van der Waals surface area contributed by atoms with Crippen LogP contribution in [0.15, 0.2) is 54.7 Å². The maximum absolute atomic E-state index is 12.6. The van der Waals surface area contributed by atoms with Crippen LogP contribution in [0.4, 0.5) is 5.95 Å². The van der Waals surface area contributed by atoms with Gasteiger partial charge in [-0.25, -0.2) is 0 Å². The van der Waals surface area contributed by atoms with Gasteiger partial charge in [0.1, 0.15) is 0 Å². The maximum atomic E-state index is 12.6. The first kappa shape index (κ1) is 20.5. The standard InChI is InChI=1S/C20H24ClN5OS/c1-3-11-24(12-4-2)18(27)15-28-20-23-22-19(25-13-7-8-14-25)26(20)17-10-6-5-9-16(17)21/h3-6,9-10H,1-2,7-8,11-15H2. The molecule has 8 heteroatoms. The molecule has 0 saturated carbocycles. The molecule has 0 spiro atoms. The second-order valence-corrected chi connectivity index (χ2v) is 7.78. The third-order valence-electron chi connectivity index (χ3n) is 4.47. The minimum atomic E-state index is 0.00114. The lowest BCUT2D eigenvalue weighted by Gasteiger charge is -2.20. The first-order valence-corrected chi connectivity index (χ1v) is 10.6. The number of nitrogens with zero attached hydrogens (tertiary/aromatic N) is 5. The van der Waals surface area contributed by atoms with E-state index in [1.54, 1.807) is 17.1 Å². The number of para-hydroxylation sites is 1. The van der Waals surface area contributed by atoms with E-state index >= 15 is 0 Å².